The first-order chi connectivity index (χ1) is 11.8. The summed E-state index contributed by atoms with van der Waals surface area (Å²) in [6, 6.07) is 0. The molecule has 0 radical (unpaired) electrons. The van der Waals surface area contributed by atoms with Crippen LogP contribution in [0.5, 0.6) is 0 Å². The smallest absolute Gasteiger partial charge is 0.748 e. The number of allylic oxidation sites excluding steroid dienone is 1. The van der Waals surface area contributed by atoms with Crippen LogP contribution in [0.15, 0.2) is 12.2 Å². The molecular formula is C16H28N2NaO6S+. The Bertz CT molecular complexity index is 606. The van der Waals surface area contributed by atoms with Crippen LogP contribution in [0.3, 0.4) is 0 Å². The number of unbranched alkanes of at least 4 members (excludes halogenated alkanes) is 3. The van der Waals surface area contributed by atoms with Gasteiger partial charge in [-0.15, -0.1) is 0 Å². The molecule has 0 aromatic carbocycles. The van der Waals surface area contributed by atoms with Gasteiger partial charge in [-0.1, -0.05) is 25.8 Å². The van der Waals surface area contributed by atoms with Crippen LogP contribution in [0, 0.1) is 0 Å². The van der Waals surface area contributed by atoms with Crippen molar-refractivity contribution in [3.63, 3.8) is 0 Å². The number of amidine groups is 1. The quantitative estimate of drug-likeness (QED) is 0.114. The normalized spacial score (nSPS) is 16.2. The molecule has 1 aliphatic rings. The molecule has 1 atom stereocenters. The zero-order valence-electron chi connectivity index (χ0n) is 15.6. The van der Waals surface area contributed by atoms with Gasteiger partial charge in [0.1, 0.15) is 32.3 Å². The molecule has 1 rings (SSSR count). The van der Waals surface area contributed by atoms with Crippen LogP contribution >= 0.6 is 0 Å². The fraction of sp³-hybridized carbons (Fsp3) is 0.750. The van der Waals surface area contributed by atoms with Crippen molar-refractivity contribution in [2.24, 2.45) is 0 Å². The summed E-state index contributed by atoms with van der Waals surface area (Å²) in [4.78, 5) is 14.2. The van der Waals surface area contributed by atoms with E-state index in [9.17, 15) is 22.9 Å². The minimum atomic E-state index is -4.54. The summed E-state index contributed by atoms with van der Waals surface area (Å²) in [7, 11) is -4.54. The average molecular weight is 399 g/mol. The molecule has 0 saturated heterocycles. The van der Waals surface area contributed by atoms with Crippen LogP contribution in [0.25, 0.3) is 0 Å². The Morgan fingerprint density at radius 1 is 1.42 bits per heavy atom. The number of aliphatic hydroxyl groups is 2. The monoisotopic (exact) mass is 399 g/mol. The van der Waals surface area contributed by atoms with Gasteiger partial charge in [-0.25, -0.2) is 8.42 Å². The van der Waals surface area contributed by atoms with Gasteiger partial charge in [-0.05, 0) is 18.9 Å². The summed E-state index contributed by atoms with van der Waals surface area (Å²) in [5, 5.41) is 19.0. The van der Waals surface area contributed by atoms with Crippen molar-refractivity contribution in [3.05, 3.63) is 12.2 Å². The van der Waals surface area contributed by atoms with Gasteiger partial charge in [0.25, 0.3) is 5.78 Å². The van der Waals surface area contributed by atoms with Crippen molar-refractivity contribution in [1.82, 2.24) is 4.90 Å². The van der Waals surface area contributed by atoms with Crippen molar-refractivity contribution in [1.29, 1.82) is 0 Å². The third-order valence-corrected chi connectivity index (χ3v) is 4.69. The molecule has 0 bridgehead atoms. The number of nitrogens with zero attached hydrogens (tertiary/aromatic N) is 2. The Hall–Kier alpha value is -0.290. The maximum absolute atomic E-state index is 12.5. The van der Waals surface area contributed by atoms with E-state index in [4.69, 9.17) is 5.11 Å². The molecule has 1 heterocycles. The van der Waals surface area contributed by atoms with Gasteiger partial charge in [0.15, 0.2) is 0 Å². The van der Waals surface area contributed by atoms with E-state index in [1.165, 1.54) is 6.08 Å². The number of ketones is 1. The van der Waals surface area contributed by atoms with Gasteiger partial charge < -0.3 is 14.8 Å². The predicted octanol–water partition coefficient (Wildman–Crippen LogP) is -3.68. The van der Waals surface area contributed by atoms with Crippen molar-refractivity contribution < 1.29 is 62.1 Å². The molecule has 10 heteroatoms. The van der Waals surface area contributed by atoms with Crippen molar-refractivity contribution in [2.45, 2.75) is 38.7 Å². The minimum Gasteiger partial charge on any atom is -0.748 e. The van der Waals surface area contributed by atoms with E-state index in [0.29, 0.717) is 18.9 Å². The van der Waals surface area contributed by atoms with E-state index in [1.54, 1.807) is 15.6 Å². The summed E-state index contributed by atoms with van der Waals surface area (Å²) in [6.45, 7) is 3.04. The average Bonchev–Trinajstić information content (AvgIpc) is 2.87. The first-order valence-electron chi connectivity index (χ1n) is 8.58. The number of carbonyl (C=O) groups excluding carboxylic acids is 1. The number of rotatable bonds is 12. The zero-order valence-corrected chi connectivity index (χ0v) is 18.4. The summed E-state index contributed by atoms with van der Waals surface area (Å²) in [5.74, 6) is -0.819. The summed E-state index contributed by atoms with van der Waals surface area (Å²) >= 11 is 0. The molecule has 0 spiro atoms. The third-order valence-electron chi connectivity index (χ3n) is 3.90. The molecule has 0 aromatic heterocycles. The maximum atomic E-state index is 12.5. The van der Waals surface area contributed by atoms with Crippen LogP contribution < -0.4 is 29.6 Å². The van der Waals surface area contributed by atoms with E-state index >= 15 is 0 Å². The number of hydrogen-bond acceptors (Lipinski definition) is 7. The summed E-state index contributed by atoms with van der Waals surface area (Å²) < 4.78 is 33.9. The van der Waals surface area contributed by atoms with Crippen LogP contribution in [-0.4, -0.2) is 88.9 Å². The number of hydrogen-bond donors (Lipinski definition) is 2. The van der Waals surface area contributed by atoms with Gasteiger partial charge >= 0.3 is 35.4 Å². The molecule has 0 aliphatic carbocycles. The summed E-state index contributed by atoms with van der Waals surface area (Å²) in [6.07, 6.45) is 5.89. The minimum absolute atomic E-state index is 0. The van der Waals surface area contributed by atoms with Gasteiger partial charge in [-0.2, -0.15) is 0 Å². The van der Waals surface area contributed by atoms with Crippen LogP contribution in [0.4, 0.5) is 0 Å². The molecule has 1 unspecified atom stereocenters. The Morgan fingerprint density at radius 3 is 2.69 bits per heavy atom. The second-order valence-electron chi connectivity index (χ2n) is 6.12. The number of carbonyl (C=O) groups is 1. The van der Waals surface area contributed by atoms with E-state index in [2.05, 4.69) is 6.92 Å². The van der Waals surface area contributed by atoms with Crippen molar-refractivity contribution in [2.75, 3.05) is 38.5 Å². The largest absolute Gasteiger partial charge is 1.00 e. The van der Waals surface area contributed by atoms with E-state index in [-0.39, 0.29) is 55.0 Å². The Morgan fingerprint density at radius 2 is 2.12 bits per heavy atom. The second kappa shape index (κ2) is 13.0. The molecular weight excluding hydrogens is 371 g/mol. The van der Waals surface area contributed by atoms with E-state index in [0.717, 1.165) is 25.7 Å². The zero-order chi connectivity index (χ0) is 18.9. The fourth-order valence-electron chi connectivity index (χ4n) is 2.80. The summed E-state index contributed by atoms with van der Waals surface area (Å²) in [5.41, 5.74) is 0. The molecule has 0 aromatic rings. The molecule has 0 fully saturated rings. The molecule has 1 aliphatic heterocycles. The topological polar surface area (TPSA) is 121 Å². The first-order valence-corrected chi connectivity index (χ1v) is 10.2. The number of β-amino-alcohol motifs (C(OH)–C–C–N with tert-alkyl or cyclic N) is 2. The molecule has 0 saturated carbocycles. The van der Waals surface area contributed by atoms with Crippen molar-refractivity contribution in [3.8, 4) is 0 Å². The molecule has 0 amide bonds. The van der Waals surface area contributed by atoms with Crippen LogP contribution in [0.2, 0.25) is 0 Å². The molecule has 26 heavy (non-hydrogen) atoms. The molecule has 144 valence electrons. The first kappa shape index (κ1) is 25.7. The van der Waals surface area contributed by atoms with E-state index < -0.39 is 22.0 Å². The second-order valence-corrected chi connectivity index (χ2v) is 7.57. The van der Waals surface area contributed by atoms with Crippen molar-refractivity contribution >= 4 is 21.7 Å². The van der Waals surface area contributed by atoms with Gasteiger partial charge in [0, 0.05) is 0 Å². The molecule has 2 N–H and O–H groups in total. The Balaban J connectivity index is 0.00000625. The van der Waals surface area contributed by atoms with Crippen LogP contribution in [-0.2, 0) is 14.9 Å². The Kier molecular flexibility index (Phi) is 12.8. The molecule has 8 nitrogen and oxygen atoms in total. The van der Waals surface area contributed by atoms with Gasteiger partial charge in [0.2, 0.25) is 0 Å². The Labute approximate surface area is 177 Å². The third kappa shape index (κ3) is 9.59. The predicted molar refractivity (Wildman–Crippen MR) is 92.5 cm³/mol. The van der Waals surface area contributed by atoms with Gasteiger partial charge in [-0.3, -0.25) is 14.3 Å². The van der Waals surface area contributed by atoms with E-state index in [1.807, 2.05) is 0 Å². The number of aliphatic hydroxyl groups excluding tert-OH is 2. The SMILES string of the molecule is CCCCC/C=C/C(=O)C1=[N+](CC(O)CS(=O)(=O)[O-])CCN1CCO.[Na+]. The maximum Gasteiger partial charge on any atom is 1.00 e. The standard InChI is InChI=1S/C16H28N2O6S.Na/c1-2-3-4-5-6-7-15(21)16-17(10-11-19)8-9-18(16)12-14(20)13-25(22,23)24;/h6-7,14,19-20H,2-5,8-13H2,1H3;/q;+1/b7-6+;. The van der Waals surface area contributed by atoms with Gasteiger partial charge in [0.05, 0.1) is 22.5 Å². The van der Waals surface area contributed by atoms with Crippen LogP contribution in [0.1, 0.15) is 32.6 Å². The fourth-order valence-corrected chi connectivity index (χ4v) is 3.38.